The predicted octanol–water partition coefficient (Wildman–Crippen LogP) is 6.86. The molecule has 13 heteroatoms. The number of ether oxygens (including phenoxy) is 5. The van der Waals surface area contributed by atoms with Crippen molar-refractivity contribution in [2.24, 2.45) is 0 Å². The van der Waals surface area contributed by atoms with E-state index in [1.807, 2.05) is 19.9 Å². The number of carbonyl (C=O) groups excluding carboxylic acids is 2. The summed E-state index contributed by atoms with van der Waals surface area (Å²) in [6.45, 7) is 20.3. The molecule has 236 valence electrons. The van der Waals surface area contributed by atoms with Gasteiger partial charge >= 0.3 is 12.1 Å². The molecule has 1 aliphatic heterocycles. The van der Waals surface area contributed by atoms with Crippen LogP contribution in [0.3, 0.4) is 0 Å². The number of aromatic nitrogens is 1. The Balaban J connectivity index is 1.92. The Kier molecular flexibility index (Phi) is 10.4. The number of carbonyl (C=O) groups is 2. The lowest BCUT2D eigenvalue weighted by Gasteiger charge is -2.44. The summed E-state index contributed by atoms with van der Waals surface area (Å²) < 4.78 is 37.1. The van der Waals surface area contributed by atoms with Crippen LogP contribution in [0.15, 0.2) is 21.8 Å². The molecule has 1 aliphatic carbocycles. The lowest BCUT2D eigenvalue weighted by molar-refractivity contribution is -0.172. The molecule has 2 heterocycles. The van der Waals surface area contributed by atoms with E-state index in [0.717, 1.165) is 3.58 Å². The summed E-state index contributed by atoms with van der Waals surface area (Å²) >= 11 is 8.92. The lowest BCUT2D eigenvalue weighted by atomic mass is 10.0. The van der Waals surface area contributed by atoms with Crippen molar-refractivity contribution in [3.63, 3.8) is 0 Å². The Morgan fingerprint density at radius 3 is 2.36 bits per heavy atom. The SMILES string of the molecule is COC(=O)C[C@@H](NC(=O)OC(C)(C)C)c1ccc(O[C@H]2C=C(I)[C@@]3(COC(C)(C)O3)[C@@H]2O[Si](C)(C)C(C)(C)C)c(Cl)n1. The molecule has 10 nitrogen and oxygen atoms in total. The van der Waals surface area contributed by atoms with Gasteiger partial charge in [0.1, 0.15) is 17.8 Å². The molecule has 4 atom stereocenters. The van der Waals surface area contributed by atoms with Gasteiger partial charge < -0.3 is 33.4 Å². The average Bonchev–Trinajstić information content (AvgIpc) is 3.28. The minimum Gasteiger partial charge on any atom is -0.480 e. The number of amides is 1. The monoisotopic (exact) mass is 738 g/mol. The summed E-state index contributed by atoms with van der Waals surface area (Å²) in [6, 6.07) is 2.47. The molecular formula is C29H44ClIN2O8Si. The van der Waals surface area contributed by atoms with Crippen molar-refractivity contribution >= 4 is 54.6 Å². The van der Waals surface area contributed by atoms with E-state index in [9.17, 15) is 9.59 Å². The first kappa shape index (κ1) is 35.0. The van der Waals surface area contributed by atoms with Gasteiger partial charge in [-0.25, -0.2) is 9.78 Å². The maximum Gasteiger partial charge on any atom is 0.408 e. The summed E-state index contributed by atoms with van der Waals surface area (Å²) in [5.74, 6) is -0.998. The fourth-order valence-corrected chi connectivity index (χ4v) is 6.80. The number of hydrogen-bond donors (Lipinski definition) is 1. The molecule has 1 spiro atoms. The van der Waals surface area contributed by atoms with Gasteiger partial charge in [-0.2, -0.15) is 0 Å². The average molecular weight is 739 g/mol. The Morgan fingerprint density at radius 2 is 1.86 bits per heavy atom. The van der Waals surface area contributed by atoms with Crippen LogP contribution < -0.4 is 10.1 Å². The van der Waals surface area contributed by atoms with Crippen LogP contribution in [-0.2, 0) is 28.2 Å². The normalized spacial score (nSPS) is 24.7. The number of pyridine rings is 1. The van der Waals surface area contributed by atoms with Crippen molar-refractivity contribution in [1.29, 1.82) is 0 Å². The van der Waals surface area contributed by atoms with E-state index in [4.69, 9.17) is 39.7 Å². The first-order valence-corrected chi connectivity index (χ1v) is 18.2. The van der Waals surface area contributed by atoms with Crippen molar-refractivity contribution in [2.45, 2.75) is 115 Å². The highest BCUT2D eigenvalue weighted by molar-refractivity contribution is 14.1. The first-order valence-electron chi connectivity index (χ1n) is 13.9. The summed E-state index contributed by atoms with van der Waals surface area (Å²) in [6.07, 6.45) is 0.0827. The zero-order valence-corrected chi connectivity index (χ0v) is 30.3. The molecule has 0 saturated carbocycles. The van der Waals surface area contributed by atoms with Gasteiger partial charge in [-0.15, -0.1) is 0 Å². The molecule has 42 heavy (non-hydrogen) atoms. The number of halogens is 2. The van der Waals surface area contributed by atoms with Crippen LogP contribution in [0, 0.1) is 0 Å². The molecule has 0 unspecified atom stereocenters. The molecular weight excluding hydrogens is 695 g/mol. The maximum absolute atomic E-state index is 12.5. The van der Waals surface area contributed by atoms with E-state index in [1.165, 1.54) is 7.11 Å². The maximum atomic E-state index is 12.5. The second kappa shape index (κ2) is 12.5. The van der Waals surface area contributed by atoms with Crippen LogP contribution in [-0.4, -0.2) is 68.3 Å². The van der Waals surface area contributed by atoms with Gasteiger partial charge in [0.15, 0.2) is 30.6 Å². The number of nitrogens with one attached hydrogen (secondary N) is 1. The van der Waals surface area contributed by atoms with E-state index in [2.05, 4.69) is 66.8 Å². The van der Waals surface area contributed by atoms with Gasteiger partial charge in [0, 0.05) is 3.58 Å². The smallest absolute Gasteiger partial charge is 0.408 e. The van der Waals surface area contributed by atoms with Crippen LogP contribution >= 0.6 is 34.2 Å². The molecule has 0 radical (unpaired) electrons. The number of alkyl carbamates (subject to hydrolysis) is 1. The third kappa shape index (κ3) is 8.17. The van der Waals surface area contributed by atoms with Gasteiger partial charge in [0.2, 0.25) is 0 Å². The third-order valence-electron chi connectivity index (χ3n) is 7.51. The van der Waals surface area contributed by atoms with Gasteiger partial charge in [-0.1, -0.05) is 32.4 Å². The highest BCUT2D eigenvalue weighted by atomic mass is 127. The van der Waals surface area contributed by atoms with Gasteiger partial charge in [0.25, 0.3) is 0 Å². The second-order valence-electron chi connectivity index (χ2n) is 13.6. The van der Waals surface area contributed by atoms with Crippen LogP contribution in [0.2, 0.25) is 23.3 Å². The van der Waals surface area contributed by atoms with Crippen molar-refractivity contribution in [3.8, 4) is 5.75 Å². The predicted molar refractivity (Wildman–Crippen MR) is 170 cm³/mol. The minimum atomic E-state index is -2.28. The van der Waals surface area contributed by atoms with Gasteiger partial charge in [-0.3, -0.25) is 4.79 Å². The van der Waals surface area contributed by atoms with Crippen molar-refractivity contribution in [3.05, 3.63) is 32.6 Å². The molecule has 1 fully saturated rings. The summed E-state index contributed by atoms with van der Waals surface area (Å²) in [5.41, 5.74) is -1.20. The Labute approximate surface area is 268 Å². The Hall–Kier alpha value is -1.45. The van der Waals surface area contributed by atoms with Crippen LogP contribution in [0.1, 0.15) is 73.5 Å². The lowest BCUT2D eigenvalue weighted by Crippen LogP contribution is -2.56. The van der Waals surface area contributed by atoms with Crippen molar-refractivity contribution < 1.29 is 37.7 Å². The largest absolute Gasteiger partial charge is 0.480 e. The van der Waals surface area contributed by atoms with E-state index >= 15 is 0 Å². The van der Waals surface area contributed by atoms with Crippen LogP contribution in [0.4, 0.5) is 4.79 Å². The number of esters is 1. The summed E-state index contributed by atoms with van der Waals surface area (Å²) in [7, 11) is -1.01. The Bertz CT molecular complexity index is 1210. The highest BCUT2D eigenvalue weighted by Crippen LogP contribution is 2.51. The topological polar surface area (TPSA) is 114 Å². The first-order chi connectivity index (χ1) is 19.1. The number of rotatable bonds is 8. The number of hydrogen-bond acceptors (Lipinski definition) is 9. The minimum absolute atomic E-state index is 0.0572. The van der Waals surface area contributed by atoms with Gasteiger partial charge in [0.05, 0.1) is 31.9 Å². The summed E-state index contributed by atoms with van der Waals surface area (Å²) in [5, 5.41) is 2.69. The number of methoxy groups -OCH3 is 1. The van der Waals surface area contributed by atoms with E-state index in [1.54, 1.807) is 32.9 Å². The third-order valence-corrected chi connectivity index (χ3v) is 13.5. The van der Waals surface area contributed by atoms with Crippen molar-refractivity contribution in [2.75, 3.05) is 13.7 Å². The standard InChI is InChI=1S/C29H44ClIN2O8Si/c1-26(2,3)39-25(35)33-18(14-22(34)36-9)17-12-13-19(24(30)32-17)38-20-15-21(31)29(16-37-28(7,8)41-29)23(20)40-42(10,11)27(4,5)6/h12-13,15,18,20,23H,14,16H2,1-11H3,(H,33,35)/t18-,20+,23-,29+/m1/s1. The highest BCUT2D eigenvalue weighted by Gasteiger charge is 2.61. The fraction of sp³-hybridized carbons (Fsp3) is 0.690. The molecule has 1 saturated heterocycles. The second-order valence-corrected chi connectivity index (χ2v) is 19.9. The fourth-order valence-electron chi connectivity index (χ4n) is 4.36. The Morgan fingerprint density at radius 1 is 1.21 bits per heavy atom. The molecule has 3 rings (SSSR count). The zero-order valence-electron chi connectivity index (χ0n) is 26.3. The van der Waals surface area contributed by atoms with E-state index < -0.39 is 55.6 Å². The number of nitrogens with zero attached hydrogens (tertiary/aromatic N) is 1. The van der Waals surface area contributed by atoms with E-state index in [-0.39, 0.29) is 16.6 Å². The molecule has 1 N–H and O–H groups in total. The van der Waals surface area contributed by atoms with Crippen LogP contribution in [0.5, 0.6) is 5.75 Å². The molecule has 0 aromatic carbocycles. The van der Waals surface area contributed by atoms with E-state index in [0.29, 0.717) is 18.1 Å². The molecule has 0 bridgehead atoms. The molecule has 1 amide bonds. The summed E-state index contributed by atoms with van der Waals surface area (Å²) in [4.78, 5) is 29.1. The molecule has 1 aromatic heterocycles. The van der Waals surface area contributed by atoms with Crippen molar-refractivity contribution in [1.82, 2.24) is 10.3 Å². The van der Waals surface area contributed by atoms with Crippen LogP contribution in [0.25, 0.3) is 0 Å². The molecule has 2 aliphatic rings. The quantitative estimate of drug-likeness (QED) is 0.132. The van der Waals surface area contributed by atoms with Gasteiger partial charge in [-0.05, 0) is 93.6 Å². The molecule has 1 aromatic rings. The zero-order chi connectivity index (χ0) is 31.9.